The Kier molecular flexibility index (Phi) is 6.44. The van der Waals surface area contributed by atoms with Crippen LogP contribution in [-0.4, -0.2) is 25.3 Å². The molecule has 0 saturated carbocycles. The number of anilines is 2. The zero-order valence-electron chi connectivity index (χ0n) is 16.6. The van der Waals surface area contributed by atoms with Crippen LogP contribution in [0.1, 0.15) is 26.3 Å². The summed E-state index contributed by atoms with van der Waals surface area (Å²) in [5, 5.41) is 7.80. The van der Waals surface area contributed by atoms with E-state index in [0.717, 1.165) is 0 Å². The largest absolute Gasteiger partial charge is 0.457 e. The lowest BCUT2D eigenvalue weighted by Crippen LogP contribution is -2.19. The molecule has 3 N–H and O–H groups in total. The maximum Gasteiger partial charge on any atom is 0.259 e. The molecular weight excluding hydrogens is 382 g/mol. The van der Waals surface area contributed by atoms with Gasteiger partial charge in [0.1, 0.15) is 11.5 Å². The molecule has 0 aliphatic carbocycles. The number of aryl methyl sites for hydroxylation is 1. The zero-order valence-corrected chi connectivity index (χ0v) is 16.6. The molecule has 1 aliphatic rings. The van der Waals surface area contributed by atoms with Gasteiger partial charge >= 0.3 is 0 Å². The Labute approximate surface area is 174 Å². The Bertz CT molecular complexity index is 1080. The predicted molar refractivity (Wildman–Crippen MR) is 115 cm³/mol. The maximum absolute atomic E-state index is 11.6. The second kappa shape index (κ2) is 9.38. The van der Waals surface area contributed by atoms with E-state index in [9.17, 15) is 14.4 Å². The van der Waals surface area contributed by atoms with Crippen molar-refractivity contribution in [1.82, 2.24) is 5.32 Å². The first-order valence-electron chi connectivity index (χ1n) is 9.22. The van der Waals surface area contributed by atoms with Gasteiger partial charge in [0.05, 0.1) is 11.1 Å². The second-order valence-corrected chi connectivity index (χ2v) is 6.50. The number of ether oxygens (including phenoxy) is 1. The molecule has 4 rings (SSSR count). The normalized spacial score (nSPS) is 11.5. The number of hydrogen-bond donors (Lipinski definition) is 3. The Morgan fingerprint density at radius 1 is 0.833 bits per heavy atom. The van der Waals surface area contributed by atoms with E-state index < -0.39 is 11.8 Å². The number of hydrogen-bond acceptors (Lipinski definition) is 5. The van der Waals surface area contributed by atoms with Crippen LogP contribution in [0, 0.1) is 6.92 Å². The van der Waals surface area contributed by atoms with Gasteiger partial charge in [-0.2, -0.15) is 0 Å². The Balaban J connectivity index is 0.000000239. The summed E-state index contributed by atoms with van der Waals surface area (Å²) in [6.07, 6.45) is 0.589. The summed E-state index contributed by atoms with van der Waals surface area (Å²) in [4.78, 5) is 33.3. The quantitative estimate of drug-likeness (QED) is 0.443. The molecule has 0 radical (unpaired) electrons. The van der Waals surface area contributed by atoms with Crippen LogP contribution in [0.2, 0.25) is 0 Å². The minimum absolute atomic E-state index is 0.303. The summed E-state index contributed by atoms with van der Waals surface area (Å²) >= 11 is 0. The molecule has 0 bridgehead atoms. The smallest absolute Gasteiger partial charge is 0.259 e. The molecule has 3 aromatic rings. The first-order chi connectivity index (χ1) is 14.5. The van der Waals surface area contributed by atoms with Crippen LogP contribution in [0.3, 0.4) is 0 Å². The lowest BCUT2D eigenvalue weighted by Gasteiger charge is -2.07. The standard InChI is InChI=1S/C15H10N2O4.C8H11N/c18-8-16-9-1-3-10(4-2-9)21-11-5-6-12-13(7-11)15(20)17-14(12)19;1-7-4-3-5-8(6-7)9-2/h1-8H,(H,16,18)(H,17,19,20);3-6,9H,1-2H3. The van der Waals surface area contributed by atoms with Gasteiger partial charge < -0.3 is 15.4 Å². The Hall–Kier alpha value is -4.13. The summed E-state index contributed by atoms with van der Waals surface area (Å²) in [6.45, 7) is 2.08. The van der Waals surface area contributed by atoms with Crippen LogP contribution in [0.25, 0.3) is 0 Å². The van der Waals surface area contributed by atoms with E-state index in [1.165, 1.54) is 17.3 Å². The summed E-state index contributed by atoms with van der Waals surface area (Å²) in [6, 6.07) is 19.7. The molecule has 1 aliphatic heterocycles. The molecule has 0 aromatic heterocycles. The molecule has 3 aromatic carbocycles. The highest BCUT2D eigenvalue weighted by molar-refractivity contribution is 6.21. The van der Waals surface area contributed by atoms with E-state index in [1.54, 1.807) is 36.4 Å². The number of amides is 3. The maximum atomic E-state index is 11.6. The van der Waals surface area contributed by atoms with Gasteiger partial charge in [0, 0.05) is 18.4 Å². The third kappa shape index (κ3) is 5.02. The second-order valence-electron chi connectivity index (χ2n) is 6.50. The molecule has 152 valence electrons. The fourth-order valence-electron chi connectivity index (χ4n) is 2.83. The van der Waals surface area contributed by atoms with Crippen molar-refractivity contribution in [2.24, 2.45) is 0 Å². The van der Waals surface area contributed by atoms with Gasteiger partial charge in [0.15, 0.2) is 0 Å². The number of benzene rings is 3. The summed E-state index contributed by atoms with van der Waals surface area (Å²) < 4.78 is 5.61. The van der Waals surface area contributed by atoms with Gasteiger partial charge in [-0.15, -0.1) is 0 Å². The van der Waals surface area contributed by atoms with E-state index in [4.69, 9.17) is 4.74 Å². The van der Waals surface area contributed by atoms with Crippen molar-refractivity contribution in [1.29, 1.82) is 0 Å². The molecule has 0 atom stereocenters. The molecule has 30 heavy (non-hydrogen) atoms. The van der Waals surface area contributed by atoms with Crippen molar-refractivity contribution in [3.05, 3.63) is 83.4 Å². The van der Waals surface area contributed by atoms with Crippen LogP contribution in [0.15, 0.2) is 66.7 Å². The van der Waals surface area contributed by atoms with Crippen LogP contribution < -0.4 is 20.7 Å². The van der Waals surface area contributed by atoms with E-state index in [-0.39, 0.29) is 0 Å². The van der Waals surface area contributed by atoms with E-state index in [1.807, 2.05) is 19.2 Å². The highest BCUT2D eigenvalue weighted by Crippen LogP contribution is 2.27. The van der Waals surface area contributed by atoms with Gasteiger partial charge in [0.2, 0.25) is 6.41 Å². The number of fused-ring (bicyclic) bond motifs is 1. The van der Waals surface area contributed by atoms with E-state index >= 15 is 0 Å². The number of carbonyl (C=O) groups excluding carboxylic acids is 3. The van der Waals surface area contributed by atoms with Crippen LogP contribution in [-0.2, 0) is 4.79 Å². The molecule has 1 heterocycles. The predicted octanol–water partition coefficient (Wildman–Crippen LogP) is 3.97. The average Bonchev–Trinajstić information content (AvgIpc) is 3.03. The Morgan fingerprint density at radius 2 is 1.53 bits per heavy atom. The van der Waals surface area contributed by atoms with Gasteiger partial charge in [-0.3, -0.25) is 19.7 Å². The van der Waals surface area contributed by atoms with Crippen LogP contribution in [0.4, 0.5) is 11.4 Å². The monoisotopic (exact) mass is 403 g/mol. The van der Waals surface area contributed by atoms with Gasteiger partial charge in [-0.25, -0.2) is 0 Å². The average molecular weight is 403 g/mol. The number of nitrogens with one attached hydrogen (secondary N) is 3. The minimum Gasteiger partial charge on any atom is -0.457 e. The van der Waals surface area contributed by atoms with Crippen molar-refractivity contribution in [2.45, 2.75) is 6.92 Å². The summed E-state index contributed by atoms with van der Waals surface area (Å²) in [5.74, 6) is 0.183. The van der Waals surface area contributed by atoms with E-state index in [0.29, 0.717) is 34.7 Å². The summed E-state index contributed by atoms with van der Waals surface area (Å²) in [5.41, 5.74) is 3.77. The first-order valence-corrected chi connectivity index (χ1v) is 9.22. The van der Waals surface area contributed by atoms with Gasteiger partial charge in [-0.1, -0.05) is 12.1 Å². The third-order valence-corrected chi connectivity index (χ3v) is 4.33. The third-order valence-electron chi connectivity index (χ3n) is 4.33. The van der Waals surface area contributed by atoms with Crippen molar-refractivity contribution >= 4 is 29.6 Å². The lowest BCUT2D eigenvalue weighted by atomic mass is 10.1. The SMILES string of the molecule is CNc1cccc(C)c1.O=CNc1ccc(Oc2ccc3c(c2)C(=O)NC3=O)cc1. The van der Waals surface area contributed by atoms with Crippen LogP contribution in [0.5, 0.6) is 11.5 Å². The van der Waals surface area contributed by atoms with Gasteiger partial charge in [0.25, 0.3) is 11.8 Å². The van der Waals surface area contributed by atoms with Crippen molar-refractivity contribution < 1.29 is 19.1 Å². The first kappa shape index (κ1) is 20.6. The fourth-order valence-corrected chi connectivity index (χ4v) is 2.83. The summed E-state index contributed by atoms with van der Waals surface area (Å²) in [7, 11) is 1.93. The molecule has 0 fully saturated rings. The number of rotatable bonds is 5. The minimum atomic E-state index is -0.425. The zero-order chi connectivity index (χ0) is 21.5. The Morgan fingerprint density at radius 3 is 2.17 bits per heavy atom. The highest BCUT2D eigenvalue weighted by atomic mass is 16.5. The molecule has 0 spiro atoms. The van der Waals surface area contributed by atoms with Crippen molar-refractivity contribution in [2.75, 3.05) is 17.7 Å². The number of carbonyl (C=O) groups is 3. The van der Waals surface area contributed by atoms with Crippen molar-refractivity contribution in [3.63, 3.8) is 0 Å². The molecule has 3 amide bonds. The topological polar surface area (TPSA) is 96.5 Å². The lowest BCUT2D eigenvalue weighted by molar-refractivity contribution is -0.105. The fraction of sp³-hybridized carbons (Fsp3) is 0.0870. The molecule has 7 nitrogen and oxygen atoms in total. The molecule has 7 heteroatoms. The van der Waals surface area contributed by atoms with E-state index in [2.05, 4.69) is 35.0 Å². The van der Waals surface area contributed by atoms with Crippen molar-refractivity contribution in [3.8, 4) is 11.5 Å². The molecular formula is C23H21N3O4. The van der Waals surface area contributed by atoms with Gasteiger partial charge in [-0.05, 0) is 67.1 Å². The molecule has 0 unspecified atom stereocenters. The van der Waals surface area contributed by atoms with Crippen LogP contribution >= 0.6 is 0 Å². The molecule has 0 saturated heterocycles. The highest BCUT2D eigenvalue weighted by Gasteiger charge is 2.26. The number of imide groups is 1.